The maximum atomic E-state index is 11.7. The van der Waals surface area contributed by atoms with Crippen molar-refractivity contribution in [2.75, 3.05) is 0 Å². The van der Waals surface area contributed by atoms with Gasteiger partial charge in [-0.1, -0.05) is 18.2 Å². The zero-order valence-electron chi connectivity index (χ0n) is 10.3. The summed E-state index contributed by atoms with van der Waals surface area (Å²) in [5.74, 6) is -0.832. The van der Waals surface area contributed by atoms with Crippen LogP contribution in [0.5, 0.6) is 0 Å². The van der Waals surface area contributed by atoms with E-state index in [1.54, 1.807) is 0 Å². The molecule has 1 aliphatic carbocycles. The van der Waals surface area contributed by atoms with Crippen LogP contribution in [-0.4, -0.2) is 16.9 Å². The number of ether oxygens (including phenoxy) is 2. The van der Waals surface area contributed by atoms with Crippen molar-refractivity contribution < 1.29 is 24.2 Å². The van der Waals surface area contributed by atoms with E-state index < -0.39 is 5.97 Å². The normalized spacial score (nSPS) is 17.6. The van der Waals surface area contributed by atoms with Crippen LogP contribution in [-0.2, 0) is 19.1 Å². The summed E-state index contributed by atoms with van der Waals surface area (Å²) in [6.07, 6.45) is 9.94. The first kappa shape index (κ1) is 13.1. The first-order valence-corrected chi connectivity index (χ1v) is 6.01. The third-order valence-corrected chi connectivity index (χ3v) is 2.74. The summed E-state index contributed by atoms with van der Waals surface area (Å²) >= 11 is 0. The van der Waals surface area contributed by atoms with Crippen LogP contribution >= 0.6 is 0 Å². The molecule has 1 heterocycles. The maximum absolute atomic E-state index is 11.7. The molecule has 0 amide bonds. The number of aliphatic carboxylic acids is 1. The average Bonchev–Trinajstić information content (AvgIpc) is 2.46. The molecule has 0 saturated carbocycles. The van der Waals surface area contributed by atoms with Gasteiger partial charge in [0.2, 0.25) is 11.5 Å². The van der Waals surface area contributed by atoms with Crippen molar-refractivity contribution >= 4 is 11.8 Å². The Bertz CT molecular complexity index is 508. The summed E-state index contributed by atoms with van der Waals surface area (Å²) in [5.41, 5.74) is 0.958. The van der Waals surface area contributed by atoms with Crippen LogP contribution in [0.2, 0.25) is 0 Å². The van der Waals surface area contributed by atoms with Gasteiger partial charge in [0.15, 0.2) is 5.76 Å². The maximum Gasteiger partial charge on any atom is 0.303 e. The number of carbonyl (C=O) groups excluding carboxylic acids is 1. The molecule has 0 fully saturated rings. The minimum atomic E-state index is -1.01. The van der Waals surface area contributed by atoms with Gasteiger partial charge in [0.05, 0.1) is 6.42 Å². The van der Waals surface area contributed by atoms with E-state index in [1.807, 2.05) is 18.2 Å². The minimum absolute atomic E-state index is 0.0502. The summed E-state index contributed by atoms with van der Waals surface area (Å²) in [7, 11) is 0. The Hall–Kier alpha value is -2.30. The fourth-order valence-electron chi connectivity index (χ4n) is 1.74. The monoisotopic (exact) mass is 262 g/mol. The predicted molar refractivity (Wildman–Crippen MR) is 66.7 cm³/mol. The summed E-state index contributed by atoms with van der Waals surface area (Å²) < 4.78 is 10.6. The van der Waals surface area contributed by atoms with Gasteiger partial charge in [-0.3, -0.25) is 9.59 Å². The highest BCUT2D eigenvalue weighted by atomic mass is 16.5. The van der Waals surface area contributed by atoms with Crippen LogP contribution in [0.4, 0.5) is 0 Å². The third kappa shape index (κ3) is 3.58. The Labute approximate surface area is 110 Å². The largest absolute Gasteiger partial charge is 0.481 e. The molecule has 0 aromatic heterocycles. The molecule has 5 heteroatoms. The second-order valence-corrected chi connectivity index (χ2v) is 4.18. The van der Waals surface area contributed by atoms with Crippen molar-refractivity contribution in [1.82, 2.24) is 0 Å². The SMILES string of the molecule is O=C(O)CCC(=O)C1=COC=C(C2=CC=CCC2)O1. The molecule has 1 aliphatic heterocycles. The molecule has 0 spiro atoms. The van der Waals surface area contributed by atoms with Crippen LogP contribution in [0.15, 0.2) is 47.8 Å². The van der Waals surface area contributed by atoms with Crippen molar-refractivity contribution in [3.8, 4) is 0 Å². The van der Waals surface area contributed by atoms with E-state index in [2.05, 4.69) is 0 Å². The smallest absolute Gasteiger partial charge is 0.303 e. The van der Waals surface area contributed by atoms with Gasteiger partial charge in [0.1, 0.15) is 12.5 Å². The van der Waals surface area contributed by atoms with Crippen LogP contribution in [0.3, 0.4) is 0 Å². The van der Waals surface area contributed by atoms with Gasteiger partial charge < -0.3 is 14.6 Å². The van der Waals surface area contributed by atoms with Crippen LogP contribution in [0.25, 0.3) is 0 Å². The number of carboxylic acids is 1. The average molecular weight is 262 g/mol. The number of rotatable bonds is 5. The van der Waals surface area contributed by atoms with Gasteiger partial charge in [-0.05, 0) is 18.4 Å². The van der Waals surface area contributed by atoms with E-state index >= 15 is 0 Å². The highest BCUT2D eigenvalue weighted by Gasteiger charge is 2.20. The van der Waals surface area contributed by atoms with Crippen molar-refractivity contribution in [3.05, 3.63) is 47.8 Å². The molecule has 100 valence electrons. The minimum Gasteiger partial charge on any atom is -0.481 e. The third-order valence-electron chi connectivity index (χ3n) is 2.74. The van der Waals surface area contributed by atoms with Crippen molar-refractivity contribution in [3.63, 3.8) is 0 Å². The van der Waals surface area contributed by atoms with Gasteiger partial charge in [0.25, 0.3) is 0 Å². The van der Waals surface area contributed by atoms with Crippen LogP contribution in [0.1, 0.15) is 25.7 Å². The van der Waals surface area contributed by atoms with Crippen LogP contribution < -0.4 is 0 Å². The molecule has 0 atom stereocenters. The number of hydrogen-bond acceptors (Lipinski definition) is 4. The van der Waals surface area contributed by atoms with Gasteiger partial charge in [-0.25, -0.2) is 0 Å². The fourth-order valence-corrected chi connectivity index (χ4v) is 1.74. The molecule has 1 N–H and O–H groups in total. The standard InChI is InChI=1S/C14H14O5/c15-11(6-7-14(16)17)13-9-18-8-12(19-13)10-4-2-1-3-5-10/h1-2,4,8-9H,3,5-7H2,(H,16,17). The van der Waals surface area contributed by atoms with E-state index in [9.17, 15) is 9.59 Å². The van der Waals surface area contributed by atoms with Crippen LogP contribution in [0, 0.1) is 0 Å². The number of ketones is 1. The lowest BCUT2D eigenvalue weighted by Gasteiger charge is -2.18. The topological polar surface area (TPSA) is 72.8 Å². The number of carbonyl (C=O) groups is 2. The van der Waals surface area contributed by atoms with E-state index in [1.165, 1.54) is 12.5 Å². The second kappa shape index (κ2) is 6.04. The highest BCUT2D eigenvalue weighted by molar-refractivity contribution is 5.95. The molecule has 2 aliphatic rings. The van der Waals surface area contributed by atoms with E-state index in [-0.39, 0.29) is 24.4 Å². The van der Waals surface area contributed by atoms with Crippen molar-refractivity contribution in [1.29, 1.82) is 0 Å². The molecule has 0 aromatic rings. The van der Waals surface area contributed by atoms with Gasteiger partial charge in [-0.15, -0.1) is 0 Å². The van der Waals surface area contributed by atoms with E-state index in [0.717, 1.165) is 18.4 Å². The molecular formula is C14H14O5. The number of allylic oxidation sites excluding steroid dienone is 5. The summed E-state index contributed by atoms with van der Waals surface area (Å²) in [5, 5.41) is 8.54. The predicted octanol–water partition coefficient (Wildman–Crippen LogP) is 2.43. The highest BCUT2D eigenvalue weighted by Crippen LogP contribution is 2.26. The Morgan fingerprint density at radius 3 is 2.79 bits per heavy atom. The second-order valence-electron chi connectivity index (χ2n) is 4.18. The molecule has 19 heavy (non-hydrogen) atoms. The van der Waals surface area contributed by atoms with E-state index in [4.69, 9.17) is 14.6 Å². The van der Waals surface area contributed by atoms with Crippen molar-refractivity contribution in [2.24, 2.45) is 0 Å². The molecule has 0 aromatic carbocycles. The Kier molecular flexibility index (Phi) is 4.18. The number of hydrogen-bond donors (Lipinski definition) is 1. The Morgan fingerprint density at radius 1 is 1.26 bits per heavy atom. The lowest BCUT2D eigenvalue weighted by atomic mass is 10.0. The first-order valence-electron chi connectivity index (χ1n) is 6.01. The molecule has 2 rings (SSSR count). The fraction of sp³-hybridized carbons (Fsp3) is 0.286. The molecule has 0 bridgehead atoms. The quantitative estimate of drug-likeness (QED) is 0.823. The van der Waals surface area contributed by atoms with E-state index in [0.29, 0.717) is 5.76 Å². The lowest BCUT2D eigenvalue weighted by Crippen LogP contribution is -2.12. The van der Waals surface area contributed by atoms with Gasteiger partial charge in [0, 0.05) is 6.42 Å². The number of Topliss-reactive ketones (excluding diaryl/α,β-unsaturated/α-hetero) is 1. The molecule has 0 unspecified atom stereocenters. The molecule has 5 nitrogen and oxygen atoms in total. The first-order chi connectivity index (χ1) is 9.16. The summed E-state index contributed by atoms with van der Waals surface area (Å²) in [4.78, 5) is 22.2. The molecule has 0 saturated heterocycles. The zero-order valence-corrected chi connectivity index (χ0v) is 10.3. The van der Waals surface area contributed by atoms with Gasteiger partial charge in [-0.2, -0.15) is 0 Å². The zero-order chi connectivity index (χ0) is 13.7. The molecule has 0 radical (unpaired) electrons. The van der Waals surface area contributed by atoms with Gasteiger partial charge >= 0.3 is 5.97 Å². The lowest BCUT2D eigenvalue weighted by molar-refractivity contribution is -0.138. The summed E-state index contributed by atoms with van der Waals surface area (Å²) in [6.45, 7) is 0. The Balaban J connectivity index is 1.97. The van der Waals surface area contributed by atoms with Crippen molar-refractivity contribution in [2.45, 2.75) is 25.7 Å². The Morgan fingerprint density at radius 2 is 2.11 bits per heavy atom. The number of carboxylic acid groups (broad SMARTS) is 1. The molecular weight excluding hydrogens is 248 g/mol. The summed E-state index contributed by atoms with van der Waals surface area (Å²) in [6, 6.07) is 0.